The Morgan fingerprint density at radius 2 is 1.76 bits per heavy atom. The minimum atomic E-state index is -4.70. The van der Waals surface area contributed by atoms with Gasteiger partial charge in [0.25, 0.3) is 5.91 Å². The SMILES string of the molecule is C=C(Nc1ccc(Oc2ccnc3cc(OCC4(N)CC4)c(C)cc23)c(F)c1)C(=O)Nc1ccc(Cl)c(C(F)(F)F)c1. The van der Waals surface area contributed by atoms with Gasteiger partial charge in [0.1, 0.15) is 18.1 Å². The largest absolute Gasteiger partial charge is 0.491 e. The summed E-state index contributed by atoms with van der Waals surface area (Å²) in [5, 5.41) is 5.09. The zero-order valence-corrected chi connectivity index (χ0v) is 23.0. The zero-order valence-electron chi connectivity index (χ0n) is 22.2. The summed E-state index contributed by atoms with van der Waals surface area (Å²) in [4.78, 5) is 16.9. The monoisotopic (exact) mass is 600 g/mol. The van der Waals surface area contributed by atoms with E-state index >= 15 is 4.39 Å². The summed E-state index contributed by atoms with van der Waals surface area (Å²) in [6.07, 6.45) is -1.31. The number of fused-ring (bicyclic) bond motifs is 1. The highest BCUT2D eigenvalue weighted by molar-refractivity contribution is 6.31. The molecule has 0 spiro atoms. The lowest BCUT2D eigenvalue weighted by Crippen LogP contribution is -2.29. The number of hydrogen-bond acceptors (Lipinski definition) is 6. The number of rotatable bonds is 9. The van der Waals surface area contributed by atoms with Gasteiger partial charge in [0.2, 0.25) is 0 Å². The number of carbonyl (C=O) groups is 1. The number of nitrogens with two attached hydrogens (primary N) is 1. The second-order valence-electron chi connectivity index (χ2n) is 10.1. The molecule has 0 saturated heterocycles. The van der Waals surface area contributed by atoms with E-state index in [4.69, 9.17) is 26.8 Å². The molecule has 1 amide bonds. The lowest BCUT2D eigenvalue weighted by atomic mass is 10.1. The average Bonchev–Trinajstić information content (AvgIpc) is 3.66. The first kappa shape index (κ1) is 29.2. The van der Waals surface area contributed by atoms with E-state index in [2.05, 4.69) is 22.2 Å². The molecule has 0 radical (unpaired) electrons. The van der Waals surface area contributed by atoms with E-state index in [1.807, 2.05) is 13.0 Å². The van der Waals surface area contributed by atoms with Crippen LogP contribution < -0.4 is 25.8 Å². The molecule has 1 aliphatic rings. The number of halogens is 5. The maximum absolute atomic E-state index is 15.0. The molecule has 1 fully saturated rings. The van der Waals surface area contributed by atoms with Gasteiger partial charge in [0.05, 0.1) is 27.3 Å². The van der Waals surface area contributed by atoms with Crippen LogP contribution in [0.3, 0.4) is 0 Å². The summed E-state index contributed by atoms with van der Waals surface area (Å²) in [7, 11) is 0. The van der Waals surface area contributed by atoms with E-state index in [0.29, 0.717) is 35.1 Å². The first-order chi connectivity index (χ1) is 19.8. The van der Waals surface area contributed by atoms with Crippen molar-refractivity contribution in [2.45, 2.75) is 31.5 Å². The predicted molar refractivity (Wildman–Crippen MR) is 152 cm³/mol. The smallest absolute Gasteiger partial charge is 0.417 e. The van der Waals surface area contributed by atoms with E-state index in [1.54, 1.807) is 12.1 Å². The highest BCUT2D eigenvalue weighted by Crippen LogP contribution is 2.38. The predicted octanol–water partition coefficient (Wildman–Crippen LogP) is 7.58. The van der Waals surface area contributed by atoms with Gasteiger partial charge < -0.3 is 25.8 Å². The van der Waals surface area contributed by atoms with Crippen molar-refractivity contribution < 1.29 is 31.8 Å². The molecule has 7 nitrogen and oxygen atoms in total. The summed E-state index contributed by atoms with van der Waals surface area (Å²) < 4.78 is 66.1. The Morgan fingerprint density at radius 3 is 2.45 bits per heavy atom. The summed E-state index contributed by atoms with van der Waals surface area (Å²) in [5.41, 5.74) is 5.99. The van der Waals surface area contributed by atoms with Gasteiger partial charge in [-0.2, -0.15) is 13.2 Å². The van der Waals surface area contributed by atoms with Gasteiger partial charge in [-0.3, -0.25) is 9.78 Å². The number of alkyl halides is 3. The van der Waals surface area contributed by atoms with E-state index < -0.39 is 28.5 Å². The lowest BCUT2D eigenvalue weighted by molar-refractivity contribution is -0.137. The number of carbonyl (C=O) groups excluding carboxylic acids is 1. The van der Waals surface area contributed by atoms with E-state index in [-0.39, 0.29) is 28.4 Å². The Bertz CT molecular complexity index is 1710. The number of hydrogen-bond donors (Lipinski definition) is 3. The van der Waals surface area contributed by atoms with Crippen LogP contribution in [0.4, 0.5) is 28.9 Å². The Labute approximate surface area is 243 Å². The maximum atomic E-state index is 15.0. The van der Waals surface area contributed by atoms with Crippen LogP contribution in [-0.2, 0) is 11.0 Å². The second kappa shape index (κ2) is 11.1. The van der Waals surface area contributed by atoms with Crippen LogP contribution in [0.5, 0.6) is 17.2 Å². The Hall–Kier alpha value is -4.35. The lowest BCUT2D eigenvalue weighted by Gasteiger charge is -2.16. The van der Waals surface area contributed by atoms with Crippen LogP contribution in [0.2, 0.25) is 5.02 Å². The molecule has 1 aliphatic carbocycles. The minimum Gasteiger partial charge on any atom is -0.491 e. The summed E-state index contributed by atoms with van der Waals surface area (Å²) in [6.45, 7) is 5.88. The maximum Gasteiger partial charge on any atom is 0.417 e. The van der Waals surface area contributed by atoms with Crippen molar-refractivity contribution >= 4 is 39.8 Å². The molecule has 4 aromatic rings. The molecule has 0 atom stereocenters. The van der Waals surface area contributed by atoms with Gasteiger partial charge in [-0.1, -0.05) is 18.2 Å². The number of nitrogens with one attached hydrogen (secondary N) is 2. The van der Waals surface area contributed by atoms with Crippen LogP contribution in [0, 0.1) is 12.7 Å². The third kappa shape index (κ3) is 6.58. The van der Waals surface area contributed by atoms with Crippen LogP contribution >= 0.6 is 11.6 Å². The van der Waals surface area contributed by atoms with Crippen LogP contribution in [-0.4, -0.2) is 23.0 Å². The molecule has 1 saturated carbocycles. The molecule has 0 unspecified atom stereocenters. The van der Waals surface area contributed by atoms with Crippen molar-refractivity contribution in [1.29, 1.82) is 0 Å². The topological polar surface area (TPSA) is 98.5 Å². The molecule has 3 aromatic carbocycles. The van der Waals surface area contributed by atoms with Gasteiger partial charge in [-0.15, -0.1) is 0 Å². The standard InChI is InChI=1S/C30H25ClF4N4O3/c1-16-11-20-24(14-27(16)41-15-29(36)8-9-29)37-10-7-25(20)42-26-6-4-19(13-23(26)32)38-17(2)28(40)39-18-3-5-22(31)21(12-18)30(33,34)35/h3-7,10-14,38H,2,8-9,15,36H2,1H3,(H,39,40). The summed E-state index contributed by atoms with van der Waals surface area (Å²) in [5.74, 6) is -0.615. The van der Waals surface area contributed by atoms with E-state index in [9.17, 15) is 18.0 Å². The van der Waals surface area contributed by atoms with Gasteiger partial charge in [-0.25, -0.2) is 4.39 Å². The number of benzene rings is 3. The quantitative estimate of drug-likeness (QED) is 0.135. The second-order valence-corrected chi connectivity index (χ2v) is 10.5. The molecule has 4 N–H and O–H groups in total. The highest BCUT2D eigenvalue weighted by Gasteiger charge is 2.39. The van der Waals surface area contributed by atoms with Crippen LogP contribution in [0.25, 0.3) is 10.9 Å². The molecule has 218 valence electrons. The van der Waals surface area contributed by atoms with Crippen LogP contribution in [0.15, 0.2) is 73.1 Å². The normalized spacial score (nSPS) is 13.9. The van der Waals surface area contributed by atoms with Gasteiger partial charge >= 0.3 is 6.18 Å². The molecule has 42 heavy (non-hydrogen) atoms. The molecular formula is C30H25ClF4N4O3. The van der Waals surface area contributed by atoms with Crippen molar-refractivity contribution in [2.24, 2.45) is 5.73 Å². The number of pyridine rings is 1. The first-order valence-electron chi connectivity index (χ1n) is 12.7. The van der Waals surface area contributed by atoms with E-state index in [1.165, 1.54) is 24.4 Å². The van der Waals surface area contributed by atoms with Crippen LogP contribution in [0.1, 0.15) is 24.0 Å². The van der Waals surface area contributed by atoms with Gasteiger partial charge in [-0.05, 0) is 67.8 Å². The average molecular weight is 601 g/mol. The Morgan fingerprint density at radius 1 is 1.05 bits per heavy atom. The molecule has 1 heterocycles. The molecule has 5 rings (SSSR count). The van der Waals surface area contributed by atoms with Crippen molar-refractivity contribution in [3.63, 3.8) is 0 Å². The van der Waals surface area contributed by atoms with Gasteiger partial charge in [0, 0.05) is 35.1 Å². The van der Waals surface area contributed by atoms with E-state index in [0.717, 1.165) is 30.5 Å². The van der Waals surface area contributed by atoms with Crippen molar-refractivity contribution in [3.05, 3.63) is 95.0 Å². The number of ether oxygens (including phenoxy) is 2. The third-order valence-corrected chi connectivity index (χ3v) is 6.99. The third-order valence-electron chi connectivity index (χ3n) is 6.66. The number of nitrogens with zero attached hydrogens (tertiary/aromatic N) is 1. The fourth-order valence-corrected chi connectivity index (χ4v) is 4.29. The van der Waals surface area contributed by atoms with Crippen molar-refractivity contribution in [2.75, 3.05) is 17.2 Å². The molecular weight excluding hydrogens is 576 g/mol. The highest BCUT2D eigenvalue weighted by atomic mass is 35.5. The summed E-state index contributed by atoms with van der Waals surface area (Å²) >= 11 is 5.61. The van der Waals surface area contributed by atoms with Crippen molar-refractivity contribution in [3.8, 4) is 17.2 Å². The number of aromatic nitrogens is 1. The molecule has 1 aromatic heterocycles. The number of anilines is 2. The molecule has 12 heteroatoms. The fraction of sp³-hybridized carbons (Fsp3) is 0.200. The fourth-order valence-electron chi connectivity index (χ4n) is 4.07. The summed E-state index contributed by atoms with van der Waals surface area (Å²) in [6, 6.07) is 12.1. The minimum absolute atomic E-state index is 0.0826. The molecule has 0 bridgehead atoms. The Balaban J connectivity index is 1.26. The first-order valence-corrected chi connectivity index (χ1v) is 13.1. The van der Waals surface area contributed by atoms with Gasteiger partial charge in [0.15, 0.2) is 11.6 Å². The number of aryl methyl sites for hydroxylation is 1. The Kier molecular flexibility index (Phi) is 7.74. The molecule has 0 aliphatic heterocycles. The zero-order chi connectivity index (χ0) is 30.2. The van der Waals surface area contributed by atoms with Crippen molar-refractivity contribution in [1.82, 2.24) is 4.98 Å². The number of amides is 1.